The number of methoxy groups -OCH3 is 1. The summed E-state index contributed by atoms with van der Waals surface area (Å²) in [5.74, 6) is -1.45. The Morgan fingerprint density at radius 2 is 2.05 bits per heavy atom. The molecule has 1 fully saturated rings. The molecule has 1 atom stereocenters. The van der Waals surface area contributed by atoms with Gasteiger partial charge in [-0.1, -0.05) is 24.3 Å². The summed E-state index contributed by atoms with van der Waals surface area (Å²) in [7, 11) is 1.52. The number of carbonyl (C=O) groups is 3. The molecule has 0 spiro atoms. The zero-order chi connectivity index (χ0) is 15.4. The minimum Gasteiger partial charge on any atom is -0.496 e. The van der Waals surface area contributed by atoms with Gasteiger partial charge in [0, 0.05) is 6.54 Å². The van der Waals surface area contributed by atoms with Gasteiger partial charge in [-0.05, 0) is 18.1 Å². The lowest BCUT2D eigenvalue weighted by Gasteiger charge is -2.29. The summed E-state index contributed by atoms with van der Waals surface area (Å²) in [5.41, 5.74) is 0.737. The van der Waals surface area contributed by atoms with Crippen molar-refractivity contribution >= 4 is 17.8 Å². The van der Waals surface area contributed by atoms with E-state index in [2.05, 4.69) is 11.9 Å². The number of urea groups is 1. The molecule has 0 bridgehead atoms. The Bertz CT molecular complexity index is 597. The number of amides is 4. The summed E-state index contributed by atoms with van der Waals surface area (Å²) in [6.45, 7) is 3.57. The third-order valence-electron chi connectivity index (χ3n) is 3.28. The van der Waals surface area contributed by atoms with Crippen molar-refractivity contribution in [3.05, 3.63) is 42.5 Å². The number of para-hydroxylation sites is 1. The van der Waals surface area contributed by atoms with Crippen molar-refractivity contribution in [3.8, 4) is 5.75 Å². The molecule has 0 aliphatic carbocycles. The van der Waals surface area contributed by atoms with Crippen LogP contribution in [0.3, 0.4) is 0 Å². The number of nitrogens with one attached hydrogen (secondary N) is 1. The summed E-state index contributed by atoms with van der Waals surface area (Å²) in [6.07, 6.45) is 1.61. The Balaban J connectivity index is 2.25. The lowest BCUT2D eigenvalue weighted by Crippen LogP contribution is -2.58. The van der Waals surface area contributed by atoms with Crippen molar-refractivity contribution in [2.45, 2.75) is 6.42 Å². The number of barbiturate groups is 1. The fourth-order valence-electron chi connectivity index (χ4n) is 2.23. The van der Waals surface area contributed by atoms with Gasteiger partial charge >= 0.3 is 6.03 Å². The number of ether oxygens (including phenoxy) is 1. The maximum Gasteiger partial charge on any atom is 0.331 e. The van der Waals surface area contributed by atoms with Crippen LogP contribution in [-0.2, 0) is 16.0 Å². The minimum atomic E-state index is -0.945. The molecule has 6 nitrogen and oxygen atoms in total. The highest BCUT2D eigenvalue weighted by Gasteiger charge is 2.40. The van der Waals surface area contributed by atoms with Crippen molar-refractivity contribution in [2.75, 3.05) is 13.7 Å². The van der Waals surface area contributed by atoms with Gasteiger partial charge in [-0.3, -0.25) is 19.8 Å². The van der Waals surface area contributed by atoms with Crippen LogP contribution in [0.15, 0.2) is 36.9 Å². The van der Waals surface area contributed by atoms with Gasteiger partial charge in [-0.2, -0.15) is 0 Å². The van der Waals surface area contributed by atoms with Gasteiger partial charge in [-0.25, -0.2) is 4.79 Å². The van der Waals surface area contributed by atoms with Gasteiger partial charge in [0.25, 0.3) is 0 Å². The zero-order valence-electron chi connectivity index (χ0n) is 11.7. The summed E-state index contributed by atoms with van der Waals surface area (Å²) in [4.78, 5) is 36.8. The molecule has 0 saturated carbocycles. The average Bonchev–Trinajstić information content (AvgIpc) is 2.48. The molecule has 6 heteroatoms. The van der Waals surface area contributed by atoms with Gasteiger partial charge in [0.15, 0.2) is 0 Å². The SMILES string of the molecule is C=CCN1C(=O)NC(=O)C(Cc2ccccc2OC)C1=O. The van der Waals surface area contributed by atoms with Crippen LogP contribution in [0.25, 0.3) is 0 Å². The van der Waals surface area contributed by atoms with E-state index in [9.17, 15) is 14.4 Å². The van der Waals surface area contributed by atoms with E-state index in [-0.39, 0.29) is 13.0 Å². The Morgan fingerprint density at radius 1 is 1.33 bits per heavy atom. The fraction of sp³-hybridized carbons (Fsp3) is 0.267. The Hall–Kier alpha value is -2.63. The van der Waals surface area contributed by atoms with Crippen molar-refractivity contribution < 1.29 is 19.1 Å². The molecule has 2 rings (SSSR count). The Labute approximate surface area is 122 Å². The second-order valence-corrected chi connectivity index (χ2v) is 4.60. The second kappa shape index (κ2) is 6.21. The molecule has 21 heavy (non-hydrogen) atoms. The topological polar surface area (TPSA) is 75.7 Å². The van der Waals surface area contributed by atoms with Gasteiger partial charge < -0.3 is 4.74 Å². The van der Waals surface area contributed by atoms with E-state index in [1.807, 2.05) is 0 Å². The minimum absolute atomic E-state index is 0.0698. The normalized spacial score (nSPS) is 18.4. The molecule has 1 N–H and O–H groups in total. The van der Waals surface area contributed by atoms with Crippen LogP contribution in [0, 0.1) is 5.92 Å². The molecule has 1 heterocycles. The predicted molar refractivity (Wildman–Crippen MR) is 75.6 cm³/mol. The monoisotopic (exact) mass is 288 g/mol. The van der Waals surface area contributed by atoms with E-state index in [4.69, 9.17) is 4.74 Å². The van der Waals surface area contributed by atoms with Crippen LogP contribution in [0.2, 0.25) is 0 Å². The van der Waals surface area contributed by atoms with Gasteiger partial charge in [-0.15, -0.1) is 6.58 Å². The molecular weight excluding hydrogens is 272 g/mol. The van der Waals surface area contributed by atoms with Gasteiger partial charge in [0.1, 0.15) is 11.7 Å². The first-order valence-electron chi connectivity index (χ1n) is 6.47. The molecule has 0 aromatic heterocycles. The zero-order valence-corrected chi connectivity index (χ0v) is 11.7. The summed E-state index contributed by atoms with van der Waals surface area (Å²) >= 11 is 0. The summed E-state index contributed by atoms with van der Waals surface area (Å²) in [6, 6.07) is 6.44. The first-order chi connectivity index (χ1) is 10.1. The number of nitrogens with zero attached hydrogens (tertiary/aromatic N) is 1. The molecule has 1 aromatic rings. The number of rotatable bonds is 5. The van der Waals surface area contributed by atoms with Crippen LogP contribution in [0.1, 0.15) is 5.56 Å². The molecule has 1 aliphatic heterocycles. The van der Waals surface area contributed by atoms with E-state index < -0.39 is 23.8 Å². The van der Waals surface area contributed by atoms with Gasteiger partial charge in [0.2, 0.25) is 11.8 Å². The standard InChI is InChI=1S/C15H16N2O4/c1-3-8-17-14(19)11(13(18)16-15(17)20)9-10-6-4-5-7-12(10)21-2/h3-7,11H,1,8-9H2,2H3,(H,16,18,20). The molecule has 0 radical (unpaired) electrons. The third-order valence-corrected chi connectivity index (χ3v) is 3.28. The smallest absolute Gasteiger partial charge is 0.331 e. The van der Waals surface area contributed by atoms with E-state index in [0.29, 0.717) is 5.75 Å². The van der Waals surface area contributed by atoms with Crippen molar-refractivity contribution in [1.29, 1.82) is 0 Å². The summed E-state index contributed by atoms with van der Waals surface area (Å²) in [5, 5.41) is 2.19. The number of hydrogen-bond donors (Lipinski definition) is 1. The molecule has 1 aromatic carbocycles. The average molecular weight is 288 g/mol. The Kier molecular flexibility index (Phi) is 4.37. The Morgan fingerprint density at radius 3 is 2.71 bits per heavy atom. The summed E-state index contributed by atoms with van der Waals surface area (Å²) < 4.78 is 5.21. The molecule has 1 unspecified atom stereocenters. The second-order valence-electron chi connectivity index (χ2n) is 4.60. The van der Waals surface area contributed by atoms with Crippen molar-refractivity contribution in [3.63, 3.8) is 0 Å². The van der Waals surface area contributed by atoms with E-state index in [1.165, 1.54) is 13.2 Å². The molecule has 1 aliphatic rings. The number of benzene rings is 1. The number of hydrogen-bond acceptors (Lipinski definition) is 4. The fourth-order valence-corrected chi connectivity index (χ4v) is 2.23. The predicted octanol–water partition coefficient (Wildman–Crippen LogP) is 1.12. The highest BCUT2D eigenvalue weighted by atomic mass is 16.5. The molecule has 1 saturated heterocycles. The highest BCUT2D eigenvalue weighted by molar-refractivity contribution is 6.16. The van der Waals surface area contributed by atoms with E-state index >= 15 is 0 Å². The van der Waals surface area contributed by atoms with Crippen molar-refractivity contribution in [1.82, 2.24) is 10.2 Å². The van der Waals surface area contributed by atoms with Gasteiger partial charge in [0.05, 0.1) is 7.11 Å². The number of carbonyl (C=O) groups excluding carboxylic acids is 3. The first kappa shape index (κ1) is 14.8. The largest absolute Gasteiger partial charge is 0.496 e. The first-order valence-corrected chi connectivity index (χ1v) is 6.47. The maximum atomic E-state index is 12.3. The molecule has 110 valence electrons. The lowest BCUT2D eigenvalue weighted by molar-refractivity contribution is -0.142. The van der Waals surface area contributed by atoms with E-state index in [0.717, 1.165) is 10.5 Å². The van der Waals surface area contributed by atoms with E-state index in [1.54, 1.807) is 24.3 Å². The quantitative estimate of drug-likeness (QED) is 0.650. The third kappa shape index (κ3) is 2.94. The van der Waals surface area contributed by atoms with Crippen LogP contribution in [0.5, 0.6) is 5.75 Å². The van der Waals surface area contributed by atoms with Crippen LogP contribution in [0.4, 0.5) is 4.79 Å². The van der Waals surface area contributed by atoms with Crippen LogP contribution in [-0.4, -0.2) is 36.4 Å². The lowest BCUT2D eigenvalue weighted by atomic mass is 9.95. The van der Waals surface area contributed by atoms with Crippen LogP contribution < -0.4 is 10.1 Å². The number of imide groups is 2. The molecular formula is C15H16N2O4. The highest BCUT2D eigenvalue weighted by Crippen LogP contribution is 2.23. The molecule has 4 amide bonds. The maximum absolute atomic E-state index is 12.3. The van der Waals surface area contributed by atoms with Crippen LogP contribution >= 0.6 is 0 Å². The van der Waals surface area contributed by atoms with Crippen molar-refractivity contribution in [2.24, 2.45) is 5.92 Å².